The topological polar surface area (TPSA) is 77.3 Å². The summed E-state index contributed by atoms with van der Waals surface area (Å²) in [5, 5.41) is 13.7. The van der Waals surface area contributed by atoms with Gasteiger partial charge in [0.05, 0.1) is 11.0 Å². The van der Waals surface area contributed by atoms with Crippen molar-refractivity contribution in [1.29, 1.82) is 0 Å². The van der Waals surface area contributed by atoms with Crippen LogP contribution in [0.5, 0.6) is 5.75 Å². The Morgan fingerprint density at radius 2 is 2.19 bits per heavy atom. The first-order valence-corrected chi connectivity index (χ1v) is 6.61. The smallest absolute Gasteiger partial charge is 0.287 e. The number of aromatic nitrogens is 1. The molecular formula is C15H17N3O3. The predicted molar refractivity (Wildman–Crippen MR) is 80.7 cm³/mol. The van der Waals surface area contributed by atoms with Crippen LogP contribution in [0.1, 0.15) is 12.5 Å². The van der Waals surface area contributed by atoms with Gasteiger partial charge in [0.25, 0.3) is 5.69 Å². The molecule has 6 heteroatoms. The third-order valence-corrected chi connectivity index (χ3v) is 2.84. The van der Waals surface area contributed by atoms with Gasteiger partial charge in [-0.1, -0.05) is 12.1 Å². The van der Waals surface area contributed by atoms with Gasteiger partial charge in [-0.25, -0.2) is 4.98 Å². The molecule has 0 bridgehead atoms. The van der Waals surface area contributed by atoms with Crippen LogP contribution in [0.2, 0.25) is 0 Å². The van der Waals surface area contributed by atoms with Crippen LogP contribution in [0.25, 0.3) is 0 Å². The Bertz CT molecular complexity index is 614. The molecule has 0 saturated heterocycles. The van der Waals surface area contributed by atoms with Crippen molar-refractivity contribution >= 4 is 11.5 Å². The highest BCUT2D eigenvalue weighted by atomic mass is 16.6. The fourth-order valence-corrected chi connectivity index (χ4v) is 1.80. The quantitative estimate of drug-likeness (QED) is 0.652. The Morgan fingerprint density at radius 3 is 2.81 bits per heavy atom. The third kappa shape index (κ3) is 4.45. The molecule has 1 aromatic carbocycles. The number of rotatable bonds is 6. The van der Waals surface area contributed by atoms with Crippen molar-refractivity contribution < 1.29 is 9.66 Å². The summed E-state index contributed by atoms with van der Waals surface area (Å²) < 4.78 is 5.68. The first-order valence-electron chi connectivity index (χ1n) is 6.61. The molecule has 0 aliphatic carbocycles. The van der Waals surface area contributed by atoms with E-state index in [9.17, 15) is 10.1 Å². The predicted octanol–water partition coefficient (Wildman–Crippen LogP) is 3.18. The summed E-state index contributed by atoms with van der Waals surface area (Å²) in [5.74, 6) is 1.40. The number of ether oxygens (including phenoxy) is 1. The second-order valence-corrected chi connectivity index (χ2v) is 4.83. The monoisotopic (exact) mass is 287 g/mol. The lowest BCUT2D eigenvalue weighted by atomic mass is 10.2. The zero-order valence-electron chi connectivity index (χ0n) is 11.9. The van der Waals surface area contributed by atoms with Crippen LogP contribution in [0.4, 0.5) is 11.5 Å². The van der Waals surface area contributed by atoms with Gasteiger partial charge < -0.3 is 10.1 Å². The molecule has 0 spiro atoms. The first kappa shape index (κ1) is 14.8. The standard InChI is InChI=1S/C15H17N3O3/c1-11-4-3-5-14(8-11)21-10-12(2)17-15-7-6-13(9-16-15)18(19)20/h3-9,12H,10H2,1-2H3,(H,16,17). The molecule has 0 saturated carbocycles. The molecule has 1 aromatic heterocycles. The van der Waals surface area contributed by atoms with Crippen LogP contribution in [0, 0.1) is 17.0 Å². The minimum absolute atomic E-state index is 0.0239. The summed E-state index contributed by atoms with van der Waals surface area (Å²) >= 11 is 0. The fourth-order valence-electron chi connectivity index (χ4n) is 1.80. The summed E-state index contributed by atoms with van der Waals surface area (Å²) in [4.78, 5) is 14.1. The van der Waals surface area contributed by atoms with Gasteiger partial charge in [-0.15, -0.1) is 0 Å². The molecule has 2 rings (SSSR count). The maximum absolute atomic E-state index is 10.5. The van der Waals surface area contributed by atoms with Gasteiger partial charge in [-0.05, 0) is 37.6 Å². The molecule has 0 amide bonds. The summed E-state index contributed by atoms with van der Waals surface area (Å²) in [6.45, 7) is 4.44. The molecular weight excluding hydrogens is 270 g/mol. The highest BCUT2D eigenvalue weighted by Crippen LogP contribution is 2.14. The van der Waals surface area contributed by atoms with E-state index in [0.717, 1.165) is 11.3 Å². The molecule has 0 aliphatic rings. The number of benzene rings is 1. The number of hydrogen-bond acceptors (Lipinski definition) is 5. The average molecular weight is 287 g/mol. The zero-order valence-corrected chi connectivity index (χ0v) is 11.9. The summed E-state index contributed by atoms with van der Waals surface area (Å²) in [6.07, 6.45) is 1.23. The van der Waals surface area contributed by atoms with Gasteiger partial charge in [0.15, 0.2) is 0 Å². The van der Waals surface area contributed by atoms with Gasteiger partial charge in [0, 0.05) is 6.07 Å². The largest absolute Gasteiger partial charge is 0.491 e. The van der Waals surface area contributed by atoms with Gasteiger partial charge >= 0.3 is 0 Å². The molecule has 6 nitrogen and oxygen atoms in total. The van der Waals surface area contributed by atoms with Gasteiger partial charge in [0.1, 0.15) is 24.4 Å². The van der Waals surface area contributed by atoms with Crippen molar-refractivity contribution in [2.45, 2.75) is 19.9 Å². The van der Waals surface area contributed by atoms with Crippen molar-refractivity contribution in [3.8, 4) is 5.75 Å². The van der Waals surface area contributed by atoms with E-state index in [0.29, 0.717) is 12.4 Å². The Labute approximate surface area is 122 Å². The van der Waals surface area contributed by atoms with Crippen molar-refractivity contribution in [3.63, 3.8) is 0 Å². The van der Waals surface area contributed by atoms with E-state index in [1.165, 1.54) is 12.3 Å². The lowest BCUT2D eigenvalue weighted by molar-refractivity contribution is -0.385. The van der Waals surface area contributed by atoms with Crippen molar-refractivity contribution in [2.24, 2.45) is 0 Å². The lowest BCUT2D eigenvalue weighted by Gasteiger charge is -2.15. The average Bonchev–Trinajstić information content (AvgIpc) is 2.46. The van der Waals surface area contributed by atoms with Crippen LogP contribution in [-0.4, -0.2) is 22.6 Å². The van der Waals surface area contributed by atoms with Crippen LogP contribution in [0.15, 0.2) is 42.6 Å². The van der Waals surface area contributed by atoms with E-state index >= 15 is 0 Å². The zero-order chi connectivity index (χ0) is 15.2. The maximum atomic E-state index is 10.5. The third-order valence-electron chi connectivity index (χ3n) is 2.84. The minimum atomic E-state index is -0.471. The molecule has 1 unspecified atom stereocenters. The van der Waals surface area contributed by atoms with Crippen LogP contribution in [-0.2, 0) is 0 Å². The summed E-state index contributed by atoms with van der Waals surface area (Å²) in [5.41, 5.74) is 1.12. The highest BCUT2D eigenvalue weighted by molar-refractivity contribution is 5.40. The molecule has 2 aromatic rings. The molecule has 110 valence electrons. The molecule has 0 radical (unpaired) electrons. The van der Waals surface area contributed by atoms with E-state index < -0.39 is 4.92 Å². The number of pyridine rings is 1. The van der Waals surface area contributed by atoms with Crippen LogP contribution < -0.4 is 10.1 Å². The number of nitrogens with one attached hydrogen (secondary N) is 1. The molecule has 21 heavy (non-hydrogen) atoms. The van der Waals surface area contributed by atoms with Gasteiger partial charge in [0.2, 0.25) is 0 Å². The SMILES string of the molecule is Cc1cccc(OCC(C)Nc2ccc([N+](=O)[O-])cn2)c1. The number of nitro groups is 1. The maximum Gasteiger partial charge on any atom is 0.287 e. The normalized spacial score (nSPS) is 11.7. The Morgan fingerprint density at radius 1 is 1.38 bits per heavy atom. The second-order valence-electron chi connectivity index (χ2n) is 4.83. The van der Waals surface area contributed by atoms with Crippen molar-refractivity contribution in [2.75, 3.05) is 11.9 Å². The number of aryl methyl sites for hydroxylation is 1. The van der Waals surface area contributed by atoms with E-state index in [1.54, 1.807) is 6.07 Å². The fraction of sp³-hybridized carbons (Fsp3) is 0.267. The lowest BCUT2D eigenvalue weighted by Crippen LogP contribution is -2.24. The molecule has 0 aliphatic heterocycles. The first-order chi connectivity index (χ1) is 10.0. The molecule has 1 heterocycles. The van der Waals surface area contributed by atoms with Gasteiger partial charge in [-0.2, -0.15) is 0 Å². The Hall–Kier alpha value is -2.63. The van der Waals surface area contributed by atoms with Crippen LogP contribution in [0.3, 0.4) is 0 Å². The number of anilines is 1. The molecule has 1 atom stereocenters. The van der Waals surface area contributed by atoms with E-state index in [-0.39, 0.29) is 11.7 Å². The summed E-state index contributed by atoms with van der Waals surface area (Å²) in [7, 11) is 0. The highest BCUT2D eigenvalue weighted by Gasteiger charge is 2.08. The minimum Gasteiger partial charge on any atom is -0.491 e. The van der Waals surface area contributed by atoms with Crippen molar-refractivity contribution in [1.82, 2.24) is 4.98 Å². The Kier molecular flexibility index (Phi) is 4.71. The van der Waals surface area contributed by atoms with E-state index in [2.05, 4.69) is 10.3 Å². The second kappa shape index (κ2) is 6.69. The molecule has 1 N–H and O–H groups in total. The van der Waals surface area contributed by atoms with E-state index in [1.807, 2.05) is 38.1 Å². The number of nitrogens with zero attached hydrogens (tertiary/aromatic N) is 2. The molecule has 0 fully saturated rings. The van der Waals surface area contributed by atoms with Crippen LogP contribution >= 0.6 is 0 Å². The van der Waals surface area contributed by atoms with E-state index in [4.69, 9.17) is 4.74 Å². The van der Waals surface area contributed by atoms with Crippen molar-refractivity contribution in [3.05, 3.63) is 58.3 Å². The Balaban J connectivity index is 1.86. The number of hydrogen-bond donors (Lipinski definition) is 1. The summed E-state index contributed by atoms with van der Waals surface area (Å²) in [6, 6.07) is 10.9. The van der Waals surface area contributed by atoms with Gasteiger partial charge in [-0.3, -0.25) is 10.1 Å².